The Labute approximate surface area is 122 Å². The summed E-state index contributed by atoms with van der Waals surface area (Å²) in [7, 11) is -3.08. The zero-order valence-corrected chi connectivity index (χ0v) is 13.4. The van der Waals surface area contributed by atoms with Crippen molar-refractivity contribution in [1.82, 2.24) is 0 Å². The molecule has 0 aliphatic carbocycles. The van der Waals surface area contributed by atoms with Crippen LogP contribution in [0.3, 0.4) is 0 Å². The fourth-order valence-corrected chi connectivity index (χ4v) is 1.63. The highest BCUT2D eigenvalue weighted by Crippen LogP contribution is 2.07. The first kappa shape index (κ1) is 20.6. The Morgan fingerprint density at radius 3 is 1.55 bits per heavy atom. The number of hydrogen-bond acceptors (Lipinski definition) is 2. The van der Waals surface area contributed by atoms with Crippen molar-refractivity contribution in [3.05, 3.63) is 72.0 Å². The summed E-state index contributed by atoms with van der Waals surface area (Å²) < 4.78 is 33.8. The smallest absolute Gasteiger partial charge is 0.175 e. The molecule has 0 amide bonds. The van der Waals surface area contributed by atoms with Crippen LogP contribution in [0.4, 0.5) is 4.39 Å². The van der Waals surface area contributed by atoms with Crippen molar-refractivity contribution in [3.63, 3.8) is 0 Å². The van der Waals surface area contributed by atoms with Crippen LogP contribution in [0.25, 0.3) is 0 Å². The van der Waals surface area contributed by atoms with Gasteiger partial charge in [-0.25, -0.2) is 12.8 Å². The van der Waals surface area contributed by atoms with Gasteiger partial charge in [-0.05, 0) is 32.9 Å². The Morgan fingerprint density at radius 2 is 1.35 bits per heavy atom. The Balaban J connectivity index is 0. The second-order valence-electron chi connectivity index (χ2n) is 4.27. The van der Waals surface area contributed by atoms with E-state index in [-0.39, 0.29) is 0 Å². The topological polar surface area (TPSA) is 34.1 Å². The van der Waals surface area contributed by atoms with Gasteiger partial charge in [-0.1, -0.05) is 49.1 Å². The molecule has 4 heteroatoms. The zero-order valence-electron chi connectivity index (χ0n) is 12.6. The average molecular weight is 298 g/mol. The predicted molar refractivity (Wildman–Crippen MR) is 86.8 cm³/mol. The SMILES string of the molecule is C=C(C)/C=C\C(=C)F.C=C(C)/C=C\C(=C/C)S(C)(=O)=O. The molecular formula is C16H23FO2S. The third-order valence-corrected chi connectivity index (χ3v) is 3.02. The molecule has 0 aliphatic rings. The third-order valence-electron chi connectivity index (χ3n) is 1.79. The maximum absolute atomic E-state index is 11.7. The molecule has 112 valence electrons. The van der Waals surface area contributed by atoms with E-state index in [1.54, 1.807) is 38.2 Å². The molecule has 0 saturated heterocycles. The van der Waals surface area contributed by atoms with Crippen LogP contribution in [0.5, 0.6) is 0 Å². The quantitative estimate of drug-likeness (QED) is 0.691. The van der Waals surface area contributed by atoms with E-state index in [4.69, 9.17) is 0 Å². The highest BCUT2D eigenvalue weighted by atomic mass is 32.2. The molecule has 20 heavy (non-hydrogen) atoms. The van der Waals surface area contributed by atoms with E-state index in [1.165, 1.54) is 12.3 Å². The summed E-state index contributed by atoms with van der Waals surface area (Å²) in [6.45, 7) is 15.5. The summed E-state index contributed by atoms with van der Waals surface area (Å²) in [6, 6.07) is 0. The van der Waals surface area contributed by atoms with E-state index in [2.05, 4.69) is 19.7 Å². The summed E-state index contributed by atoms with van der Waals surface area (Å²) in [4.78, 5) is 0.325. The second-order valence-corrected chi connectivity index (χ2v) is 6.29. The second kappa shape index (κ2) is 10.1. The largest absolute Gasteiger partial charge is 0.224 e. The summed E-state index contributed by atoms with van der Waals surface area (Å²) >= 11 is 0. The van der Waals surface area contributed by atoms with E-state index in [9.17, 15) is 12.8 Å². The lowest BCUT2D eigenvalue weighted by Crippen LogP contribution is -1.97. The minimum absolute atomic E-state index is 0.325. The number of rotatable bonds is 5. The minimum Gasteiger partial charge on any atom is -0.224 e. The average Bonchev–Trinajstić information content (AvgIpc) is 2.25. The molecule has 0 spiro atoms. The highest BCUT2D eigenvalue weighted by molar-refractivity contribution is 7.94. The number of hydrogen-bond donors (Lipinski definition) is 0. The van der Waals surface area contributed by atoms with E-state index in [0.717, 1.165) is 11.1 Å². The molecule has 0 radical (unpaired) electrons. The Bertz CT molecular complexity index is 531. The molecule has 0 aliphatic heterocycles. The number of allylic oxidation sites excluding steroid dienone is 8. The van der Waals surface area contributed by atoms with E-state index >= 15 is 0 Å². The zero-order chi connectivity index (χ0) is 16.3. The molecular weight excluding hydrogens is 275 g/mol. The molecule has 0 saturated carbocycles. The first-order valence-corrected chi connectivity index (χ1v) is 7.77. The Hall–Kier alpha value is -1.68. The summed E-state index contributed by atoms with van der Waals surface area (Å²) in [5.74, 6) is -0.437. The van der Waals surface area contributed by atoms with Gasteiger partial charge in [0.1, 0.15) is 5.83 Å². The van der Waals surface area contributed by atoms with Gasteiger partial charge in [0.15, 0.2) is 9.84 Å². The van der Waals surface area contributed by atoms with Crippen LogP contribution in [0.2, 0.25) is 0 Å². The molecule has 0 rings (SSSR count). The Kier molecular flexibility index (Phi) is 10.5. The van der Waals surface area contributed by atoms with Gasteiger partial charge in [0.05, 0.1) is 4.91 Å². The van der Waals surface area contributed by atoms with Gasteiger partial charge in [0, 0.05) is 6.26 Å². The molecule has 0 aromatic heterocycles. The van der Waals surface area contributed by atoms with Crippen molar-refractivity contribution < 1.29 is 12.8 Å². The first-order chi connectivity index (χ1) is 9.00. The van der Waals surface area contributed by atoms with Crippen molar-refractivity contribution >= 4 is 9.84 Å². The summed E-state index contributed by atoms with van der Waals surface area (Å²) in [6.07, 6.45) is 8.83. The van der Waals surface area contributed by atoms with Gasteiger partial charge in [-0.15, -0.1) is 0 Å². The molecule has 2 nitrogen and oxygen atoms in total. The van der Waals surface area contributed by atoms with Crippen molar-refractivity contribution in [2.24, 2.45) is 0 Å². The first-order valence-electron chi connectivity index (χ1n) is 5.88. The molecule has 0 bridgehead atoms. The third kappa shape index (κ3) is 14.4. The summed E-state index contributed by atoms with van der Waals surface area (Å²) in [5.41, 5.74) is 1.65. The van der Waals surface area contributed by atoms with Crippen molar-refractivity contribution in [2.45, 2.75) is 20.8 Å². The fraction of sp³-hybridized carbons (Fsp3) is 0.250. The predicted octanol–water partition coefficient (Wildman–Crippen LogP) is 4.67. The van der Waals surface area contributed by atoms with Gasteiger partial charge >= 0.3 is 0 Å². The van der Waals surface area contributed by atoms with Crippen molar-refractivity contribution in [1.29, 1.82) is 0 Å². The normalized spacial score (nSPS) is 12.2. The molecule has 0 aromatic carbocycles. The molecule has 0 heterocycles. The summed E-state index contributed by atoms with van der Waals surface area (Å²) in [5, 5.41) is 0. The lowest BCUT2D eigenvalue weighted by atomic mass is 10.3. The van der Waals surface area contributed by atoms with Crippen LogP contribution < -0.4 is 0 Å². The molecule has 0 fully saturated rings. The van der Waals surface area contributed by atoms with Crippen LogP contribution in [-0.4, -0.2) is 14.7 Å². The van der Waals surface area contributed by atoms with E-state index in [0.29, 0.717) is 4.91 Å². The Morgan fingerprint density at radius 1 is 0.950 bits per heavy atom. The molecule has 0 N–H and O–H groups in total. The van der Waals surface area contributed by atoms with Gasteiger partial charge < -0.3 is 0 Å². The van der Waals surface area contributed by atoms with Crippen molar-refractivity contribution in [2.75, 3.05) is 6.26 Å². The van der Waals surface area contributed by atoms with Crippen LogP contribution in [0.1, 0.15) is 20.8 Å². The van der Waals surface area contributed by atoms with Crippen LogP contribution in [-0.2, 0) is 9.84 Å². The van der Waals surface area contributed by atoms with Gasteiger partial charge in [-0.3, -0.25) is 0 Å². The standard InChI is InChI=1S/C9H14O2S.C7H9F/c1-5-9(12(4,10)11)7-6-8(2)3;1-6(2)4-5-7(3)8/h5-7H,2H2,1,3-4H3;4-5H,1,3H2,2H3/b7-6-,9-5+;5-4-. The molecule has 0 unspecified atom stereocenters. The van der Waals surface area contributed by atoms with Gasteiger partial charge in [0.25, 0.3) is 0 Å². The minimum atomic E-state index is -3.08. The van der Waals surface area contributed by atoms with Crippen LogP contribution >= 0.6 is 0 Å². The molecule has 0 aromatic rings. The van der Waals surface area contributed by atoms with Crippen molar-refractivity contribution in [3.8, 4) is 0 Å². The lowest BCUT2D eigenvalue weighted by Gasteiger charge is -1.96. The van der Waals surface area contributed by atoms with Crippen LogP contribution in [0.15, 0.2) is 72.0 Å². The lowest BCUT2D eigenvalue weighted by molar-refractivity contribution is 0.608. The highest BCUT2D eigenvalue weighted by Gasteiger charge is 2.04. The van der Waals surface area contributed by atoms with Crippen LogP contribution in [0, 0.1) is 0 Å². The maximum atomic E-state index is 11.7. The maximum Gasteiger partial charge on any atom is 0.175 e. The number of sulfone groups is 1. The van der Waals surface area contributed by atoms with Gasteiger partial charge in [0.2, 0.25) is 0 Å². The fourth-order valence-electron chi connectivity index (χ4n) is 0.891. The number of halogens is 1. The van der Waals surface area contributed by atoms with Gasteiger partial charge in [-0.2, -0.15) is 0 Å². The van der Waals surface area contributed by atoms with E-state index in [1.807, 2.05) is 6.92 Å². The monoisotopic (exact) mass is 298 g/mol. The van der Waals surface area contributed by atoms with E-state index < -0.39 is 15.7 Å². The molecule has 0 atom stereocenters.